The molecule has 3 aliphatic heterocycles. The van der Waals surface area contributed by atoms with Crippen LogP contribution in [0.3, 0.4) is 0 Å². The number of hydrogen-bond acceptors (Lipinski definition) is 3. The number of aliphatic imine (C=N–C) groups is 1. The Morgan fingerprint density at radius 2 is 1.86 bits per heavy atom. The van der Waals surface area contributed by atoms with E-state index >= 15 is 0 Å². The van der Waals surface area contributed by atoms with Gasteiger partial charge in [0.1, 0.15) is 0 Å². The summed E-state index contributed by atoms with van der Waals surface area (Å²) < 4.78 is 5.68. The molecule has 0 radical (unpaired) electrons. The zero-order valence-corrected chi connectivity index (χ0v) is 17.2. The van der Waals surface area contributed by atoms with E-state index < -0.39 is 0 Å². The van der Waals surface area contributed by atoms with E-state index in [1.54, 1.807) is 0 Å². The third kappa shape index (κ3) is 4.26. The topological polar surface area (TPSA) is 40.1 Å². The molecule has 0 bridgehead atoms. The van der Waals surface area contributed by atoms with Crippen LogP contribution in [0.2, 0.25) is 0 Å². The van der Waals surface area contributed by atoms with Crippen LogP contribution in [0.5, 0.6) is 0 Å². The predicted octanol–water partition coefficient (Wildman–Crippen LogP) is 3.00. The maximum absolute atomic E-state index is 5.68. The molecule has 4 rings (SSSR count). The van der Waals surface area contributed by atoms with Gasteiger partial charge in [0.15, 0.2) is 5.96 Å². The van der Waals surface area contributed by atoms with E-state index in [2.05, 4.69) is 56.5 Å². The van der Waals surface area contributed by atoms with Gasteiger partial charge in [0.2, 0.25) is 0 Å². The molecule has 0 spiro atoms. The zero-order valence-electron chi connectivity index (χ0n) is 17.2. The summed E-state index contributed by atoms with van der Waals surface area (Å²) in [5.74, 6) is 1.04. The SMILES string of the molecule is CN=C(NCC1(N2CCCC2)CCOCC1)N1CC=C(c2ccccc2)CC1. The number of likely N-dealkylation sites (tertiary alicyclic amines) is 1. The molecular formula is C23H34N4O. The van der Waals surface area contributed by atoms with Crippen LogP contribution in [0.1, 0.15) is 37.7 Å². The van der Waals surface area contributed by atoms with Gasteiger partial charge in [-0.3, -0.25) is 9.89 Å². The van der Waals surface area contributed by atoms with Gasteiger partial charge in [-0.1, -0.05) is 36.4 Å². The Bertz CT molecular complexity index is 688. The van der Waals surface area contributed by atoms with Gasteiger partial charge < -0.3 is 15.0 Å². The molecule has 5 heteroatoms. The summed E-state index contributed by atoms with van der Waals surface area (Å²) in [6.45, 7) is 7.12. The quantitative estimate of drug-likeness (QED) is 0.642. The third-order valence-electron chi connectivity index (χ3n) is 6.64. The largest absolute Gasteiger partial charge is 0.381 e. The maximum atomic E-state index is 5.68. The summed E-state index contributed by atoms with van der Waals surface area (Å²) in [5.41, 5.74) is 3.02. The van der Waals surface area contributed by atoms with E-state index in [9.17, 15) is 0 Å². The molecule has 5 nitrogen and oxygen atoms in total. The Balaban J connectivity index is 1.39. The van der Waals surface area contributed by atoms with Crippen LogP contribution < -0.4 is 5.32 Å². The second-order valence-electron chi connectivity index (χ2n) is 8.22. The van der Waals surface area contributed by atoms with Crippen molar-refractivity contribution >= 4 is 11.5 Å². The smallest absolute Gasteiger partial charge is 0.194 e. The lowest BCUT2D eigenvalue weighted by molar-refractivity contribution is -0.0166. The summed E-state index contributed by atoms with van der Waals surface area (Å²) in [4.78, 5) is 9.69. The summed E-state index contributed by atoms with van der Waals surface area (Å²) >= 11 is 0. The van der Waals surface area contributed by atoms with Crippen LogP contribution in [0.15, 0.2) is 41.4 Å². The zero-order chi connectivity index (χ0) is 19.2. The monoisotopic (exact) mass is 382 g/mol. The summed E-state index contributed by atoms with van der Waals surface area (Å²) in [6.07, 6.45) is 8.32. The van der Waals surface area contributed by atoms with E-state index in [0.29, 0.717) is 0 Å². The second kappa shape index (κ2) is 9.10. The number of ether oxygens (including phenoxy) is 1. The average molecular weight is 383 g/mol. The fourth-order valence-electron chi connectivity index (χ4n) is 4.90. The van der Waals surface area contributed by atoms with Gasteiger partial charge in [0.05, 0.1) is 0 Å². The van der Waals surface area contributed by atoms with Crippen LogP contribution in [0.25, 0.3) is 5.57 Å². The minimum atomic E-state index is 0.228. The number of rotatable bonds is 4. The average Bonchev–Trinajstić information content (AvgIpc) is 3.32. The van der Waals surface area contributed by atoms with Crippen molar-refractivity contribution in [1.29, 1.82) is 0 Å². The predicted molar refractivity (Wildman–Crippen MR) is 116 cm³/mol. The first-order valence-electron chi connectivity index (χ1n) is 10.8. The van der Waals surface area contributed by atoms with Gasteiger partial charge in [0, 0.05) is 45.4 Å². The first-order valence-corrected chi connectivity index (χ1v) is 10.8. The van der Waals surface area contributed by atoms with Crippen molar-refractivity contribution in [3.63, 3.8) is 0 Å². The molecule has 2 fully saturated rings. The van der Waals surface area contributed by atoms with Crippen molar-refractivity contribution in [3.8, 4) is 0 Å². The van der Waals surface area contributed by atoms with E-state index in [0.717, 1.165) is 58.1 Å². The van der Waals surface area contributed by atoms with Crippen molar-refractivity contribution < 1.29 is 4.74 Å². The second-order valence-corrected chi connectivity index (χ2v) is 8.22. The normalized spacial score (nSPS) is 23.5. The Hall–Kier alpha value is -1.85. The van der Waals surface area contributed by atoms with E-state index in [4.69, 9.17) is 4.74 Å². The minimum absolute atomic E-state index is 0.228. The number of hydrogen-bond donors (Lipinski definition) is 1. The Morgan fingerprint density at radius 3 is 2.50 bits per heavy atom. The van der Waals surface area contributed by atoms with Gasteiger partial charge in [-0.25, -0.2) is 0 Å². The highest BCUT2D eigenvalue weighted by atomic mass is 16.5. The van der Waals surface area contributed by atoms with Crippen LogP contribution in [-0.4, -0.2) is 74.3 Å². The Kier molecular flexibility index (Phi) is 6.33. The summed E-state index contributed by atoms with van der Waals surface area (Å²) in [6, 6.07) is 10.7. The molecule has 0 saturated carbocycles. The molecular weight excluding hydrogens is 348 g/mol. The molecule has 0 aliphatic carbocycles. The van der Waals surface area contributed by atoms with Gasteiger partial charge in [-0.2, -0.15) is 0 Å². The van der Waals surface area contributed by atoms with E-state index in [-0.39, 0.29) is 5.54 Å². The third-order valence-corrected chi connectivity index (χ3v) is 6.64. The fraction of sp³-hybridized carbons (Fsp3) is 0.609. The highest BCUT2D eigenvalue weighted by Crippen LogP contribution is 2.31. The highest BCUT2D eigenvalue weighted by Gasteiger charge is 2.39. The van der Waals surface area contributed by atoms with Crippen molar-refractivity contribution in [2.75, 3.05) is 53.0 Å². The molecule has 0 aromatic heterocycles. The molecule has 1 aromatic carbocycles. The molecule has 3 aliphatic rings. The number of guanidine groups is 1. The number of benzene rings is 1. The van der Waals surface area contributed by atoms with Gasteiger partial charge in [-0.05, 0) is 56.3 Å². The maximum Gasteiger partial charge on any atom is 0.194 e. The minimum Gasteiger partial charge on any atom is -0.381 e. The van der Waals surface area contributed by atoms with Crippen molar-refractivity contribution in [1.82, 2.24) is 15.1 Å². The highest BCUT2D eigenvalue weighted by molar-refractivity contribution is 5.81. The molecule has 152 valence electrons. The van der Waals surface area contributed by atoms with Crippen molar-refractivity contribution in [2.24, 2.45) is 4.99 Å². The van der Waals surface area contributed by atoms with Gasteiger partial charge >= 0.3 is 0 Å². The van der Waals surface area contributed by atoms with Crippen molar-refractivity contribution in [3.05, 3.63) is 42.0 Å². The van der Waals surface area contributed by atoms with Crippen molar-refractivity contribution in [2.45, 2.75) is 37.6 Å². The summed E-state index contributed by atoms with van der Waals surface area (Å²) in [7, 11) is 1.91. The molecule has 1 aromatic rings. The Labute approximate surface area is 169 Å². The molecule has 2 saturated heterocycles. The summed E-state index contributed by atoms with van der Waals surface area (Å²) in [5, 5.41) is 3.73. The van der Waals surface area contributed by atoms with Crippen LogP contribution in [-0.2, 0) is 4.74 Å². The van der Waals surface area contributed by atoms with Gasteiger partial charge in [0.25, 0.3) is 0 Å². The van der Waals surface area contributed by atoms with Crippen LogP contribution >= 0.6 is 0 Å². The molecule has 0 amide bonds. The van der Waals surface area contributed by atoms with E-state index in [1.807, 2.05) is 7.05 Å². The fourth-order valence-corrected chi connectivity index (χ4v) is 4.90. The van der Waals surface area contributed by atoms with Crippen LogP contribution in [0, 0.1) is 0 Å². The molecule has 28 heavy (non-hydrogen) atoms. The van der Waals surface area contributed by atoms with E-state index in [1.165, 1.54) is 37.1 Å². The number of nitrogens with zero attached hydrogens (tertiary/aromatic N) is 3. The molecule has 0 atom stereocenters. The first-order chi connectivity index (χ1) is 13.8. The first kappa shape index (κ1) is 19.5. The lowest BCUT2D eigenvalue weighted by Gasteiger charge is -2.45. The number of nitrogens with one attached hydrogen (secondary N) is 1. The van der Waals surface area contributed by atoms with Gasteiger partial charge in [-0.15, -0.1) is 0 Å². The lowest BCUT2D eigenvalue weighted by atomic mass is 9.88. The standard InChI is InChI=1S/C23H34N4O/c1-24-22(26-15-9-21(10-16-26)20-7-3-2-4-8-20)25-19-23(11-17-28-18-12-23)27-13-5-6-14-27/h2-4,7-9H,5-6,10-19H2,1H3,(H,24,25). The lowest BCUT2D eigenvalue weighted by Crippen LogP contribution is -2.59. The molecule has 3 heterocycles. The Morgan fingerprint density at radius 1 is 1.11 bits per heavy atom. The molecule has 1 N–H and O–H groups in total. The van der Waals surface area contributed by atoms with Crippen LogP contribution in [0.4, 0.5) is 0 Å². The molecule has 0 unspecified atom stereocenters.